The van der Waals surface area contributed by atoms with Gasteiger partial charge in [-0.25, -0.2) is 15.0 Å². The standard InChI is InChI=1S/C40H27N3O/c1-40(2)32-17-9-8-15-28(32)29-20-19-27(22-33(29)40)38-41-37(24-11-4-3-5-12-24)42-39(43-38)30-16-10-18-34-36(30)31-21-25-13-6-7-14-26(25)23-35(31)44-34/h3-23H,1-2H3/i3D,4D,5D,11D,12D. The molecule has 4 nitrogen and oxygen atoms in total. The molecule has 8 aromatic rings. The summed E-state index contributed by atoms with van der Waals surface area (Å²) in [5, 5.41) is 3.83. The maximum atomic E-state index is 8.75. The van der Waals surface area contributed by atoms with Crippen molar-refractivity contribution in [2.75, 3.05) is 0 Å². The SMILES string of the molecule is [2H]c1c([2H])c([2H])c(-c2nc(-c3ccc4c(c3)C(C)(C)c3ccccc3-4)nc(-c3cccc4oc5cc6ccccc6cc5c34)n2)c([2H])c1[2H]. The van der Waals surface area contributed by atoms with Crippen molar-refractivity contribution >= 4 is 32.7 Å². The van der Waals surface area contributed by atoms with Gasteiger partial charge in [0.15, 0.2) is 17.5 Å². The van der Waals surface area contributed by atoms with Crippen molar-refractivity contribution in [3.05, 3.63) is 138 Å². The van der Waals surface area contributed by atoms with Crippen LogP contribution in [0.3, 0.4) is 0 Å². The van der Waals surface area contributed by atoms with Crippen LogP contribution in [0.5, 0.6) is 0 Å². The number of aromatic nitrogens is 3. The molecule has 0 unspecified atom stereocenters. The first-order valence-corrected chi connectivity index (χ1v) is 14.5. The van der Waals surface area contributed by atoms with Crippen molar-refractivity contribution in [3.63, 3.8) is 0 Å². The lowest BCUT2D eigenvalue weighted by Crippen LogP contribution is -2.15. The van der Waals surface area contributed by atoms with E-state index in [9.17, 15) is 0 Å². The number of fused-ring (bicyclic) bond motifs is 7. The fourth-order valence-corrected chi connectivity index (χ4v) is 6.64. The van der Waals surface area contributed by atoms with Crippen LogP contribution in [0.4, 0.5) is 0 Å². The van der Waals surface area contributed by atoms with E-state index < -0.39 is 18.1 Å². The van der Waals surface area contributed by atoms with Crippen molar-refractivity contribution in [2.45, 2.75) is 19.3 Å². The van der Waals surface area contributed by atoms with E-state index in [1.807, 2.05) is 54.6 Å². The minimum absolute atomic E-state index is 0.00435. The fourth-order valence-electron chi connectivity index (χ4n) is 6.64. The molecule has 0 fully saturated rings. The van der Waals surface area contributed by atoms with Gasteiger partial charge in [0.1, 0.15) is 11.2 Å². The van der Waals surface area contributed by atoms with Crippen LogP contribution in [-0.4, -0.2) is 15.0 Å². The van der Waals surface area contributed by atoms with E-state index in [0.717, 1.165) is 43.8 Å². The Labute approximate surface area is 261 Å². The van der Waals surface area contributed by atoms with Crippen molar-refractivity contribution in [3.8, 4) is 45.3 Å². The molecular formula is C40H27N3O. The highest BCUT2D eigenvalue weighted by molar-refractivity contribution is 6.15. The van der Waals surface area contributed by atoms with E-state index in [2.05, 4.69) is 56.3 Å². The predicted molar refractivity (Wildman–Crippen MR) is 178 cm³/mol. The number of furan rings is 1. The van der Waals surface area contributed by atoms with Crippen molar-refractivity contribution < 1.29 is 11.3 Å². The maximum Gasteiger partial charge on any atom is 0.164 e. The van der Waals surface area contributed by atoms with E-state index in [-0.39, 0.29) is 28.9 Å². The molecule has 0 atom stereocenters. The first-order valence-electron chi connectivity index (χ1n) is 17.0. The summed E-state index contributed by atoms with van der Waals surface area (Å²) >= 11 is 0. The Kier molecular flexibility index (Phi) is 4.25. The summed E-state index contributed by atoms with van der Waals surface area (Å²) in [6.45, 7) is 4.40. The maximum absolute atomic E-state index is 8.75. The molecule has 4 heteroatoms. The summed E-state index contributed by atoms with van der Waals surface area (Å²) in [7, 11) is 0. The summed E-state index contributed by atoms with van der Waals surface area (Å²) in [4.78, 5) is 14.7. The molecule has 1 aliphatic carbocycles. The smallest absolute Gasteiger partial charge is 0.164 e. The third-order valence-corrected chi connectivity index (χ3v) is 8.80. The quantitative estimate of drug-likeness (QED) is 0.212. The number of hydrogen-bond acceptors (Lipinski definition) is 4. The van der Waals surface area contributed by atoms with Gasteiger partial charge in [-0.3, -0.25) is 0 Å². The minimum atomic E-state index is -0.476. The van der Waals surface area contributed by atoms with Crippen molar-refractivity contribution in [2.24, 2.45) is 0 Å². The number of hydrogen-bond donors (Lipinski definition) is 0. The van der Waals surface area contributed by atoms with Crippen LogP contribution in [0.1, 0.15) is 31.8 Å². The lowest BCUT2D eigenvalue weighted by atomic mass is 9.82. The first-order chi connectivity index (χ1) is 23.6. The molecule has 208 valence electrons. The van der Waals surface area contributed by atoms with Gasteiger partial charge in [-0.1, -0.05) is 117 Å². The van der Waals surface area contributed by atoms with Crippen LogP contribution in [0.2, 0.25) is 0 Å². The van der Waals surface area contributed by atoms with Crippen molar-refractivity contribution in [1.82, 2.24) is 15.0 Å². The molecule has 0 N–H and O–H groups in total. The summed E-state index contributed by atoms with van der Waals surface area (Å²) in [6.07, 6.45) is 0. The zero-order chi connectivity index (χ0) is 33.8. The summed E-state index contributed by atoms with van der Waals surface area (Å²) < 4.78 is 48.7. The van der Waals surface area contributed by atoms with Gasteiger partial charge in [0, 0.05) is 32.9 Å². The molecule has 0 amide bonds. The number of nitrogens with zero attached hydrogens (tertiary/aromatic N) is 3. The number of rotatable bonds is 3. The van der Waals surface area contributed by atoms with E-state index in [0.29, 0.717) is 22.8 Å². The van der Waals surface area contributed by atoms with Crippen LogP contribution in [0.25, 0.3) is 78.0 Å². The molecule has 0 radical (unpaired) electrons. The highest BCUT2D eigenvalue weighted by atomic mass is 16.3. The van der Waals surface area contributed by atoms with Gasteiger partial charge in [0.05, 0.1) is 6.85 Å². The Hall–Kier alpha value is -5.61. The van der Waals surface area contributed by atoms with Crippen LogP contribution in [0.15, 0.2) is 132 Å². The zero-order valence-corrected chi connectivity index (χ0v) is 24.0. The molecule has 0 saturated carbocycles. The molecule has 0 aliphatic heterocycles. The average Bonchev–Trinajstić information content (AvgIpc) is 3.59. The van der Waals surface area contributed by atoms with Gasteiger partial charge in [0.25, 0.3) is 0 Å². The Morgan fingerprint density at radius 2 is 1.25 bits per heavy atom. The van der Waals surface area contributed by atoms with Gasteiger partial charge in [-0.05, 0) is 57.3 Å². The minimum Gasteiger partial charge on any atom is -0.456 e. The predicted octanol–water partition coefficient (Wildman–Crippen LogP) is 10.2. The molecule has 0 bridgehead atoms. The van der Waals surface area contributed by atoms with E-state index in [4.69, 9.17) is 26.2 Å². The zero-order valence-electron chi connectivity index (χ0n) is 29.0. The Balaban J connectivity index is 1.33. The second-order valence-corrected chi connectivity index (χ2v) is 11.7. The molecule has 2 aromatic heterocycles. The fraction of sp³-hybridized carbons (Fsp3) is 0.0750. The molecule has 44 heavy (non-hydrogen) atoms. The highest BCUT2D eigenvalue weighted by Gasteiger charge is 2.35. The van der Waals surface area contributed by atoms with Crippen molar-refractivity contribution in [1.29, 1.82) is 0 Å². The van der Waals surface area contributed by atoms with Crippen LogP contribution >= 0.6 is 0 Å². The van der Waals surface area contributed by atoms with Crippen LogP contribution in [-0.2, 0) is 5.41 Å². The summed E-state index contributed by atoms with van der Waals surface area (Å²) in [6, 6.07) is 30.3. The molecule has 9 rings (SSSR count). The molecule has 6 aromatic carbocycles. The molecule has 2 heterocycles. The average molecular weight is 571 g/mol. The van der Waals surface area contributed by atoms with Gasteiger partial charge in [0.2, 0.25) is 0 Å². The first kappa shape index (κ1) is 20.3. The van der Waals surface area contributed by atoms with Gasteiger partial charge >= 0.3 is 0 Å². The number of benzene rings is 6. The Bertz CT molecular complexity index is 2690. The topological polar surface area (TPSA) is 51.8 Å². The third-order valence-electron chi connectivity index (χ3n) is 8.80. The normalized spacial score (nSPS) is 15.0. The third kappa shape index (κ3) is 3.67. The largest absolute Gasteiger partial charge is 0.456 e. The monoisotopic (exact) mass is 570 g/mol. The Morgan fingerprint density at radius 1 is 0.568 bits per heavy atom. The van der Waals surface area contributed by atoms with Gasteiger partial charge in [-0.2, -0.15) is 0 Å². The molecule has 0 saturated heterocycles. The van der Waals surface area contributed by atoms with E-state index >= 15 is 0 Å². The lowest BCUT2D eigenvalue weighted by molar-refractivity contribution is 0.660. The van der Waals surface area contributed by atoms with E-state index in [1.165, 1.54) is 11.1 Å². The highest BCUT2D eigenvalue weighted by Crippen LogP contribution is 2.49. The van der Waals surface area contributed by atoms with Gasteiger partial charge in [-0.15, -0.1) is 0 Å². The second kappa shape index (κ2) is 9.19. The summed E-state index contributed by atoms with van der Waals surface area (Å²) in [5.41, 5.74) is 7.15. The second-order valence-electron chi connectivity index (χ2n) is 11.7. The van der Waals surface area contributed by atoms with Crippen LogP contribution < -0.4 is 0 Å². The lowest BCUT2D eigenvalue weighted by Gasteiger charge is -2.21. The van der Waals surface area contributed by atoms with E-state index in [1.54, 1.807) is 0 Å². The van der Waals surface area contributed by atoms with Crippen LogP contribution in [0, 0.1) is 0 Å². The molecule has 0 spiro atoms. The Morgan fingerprint density at radius 3 is 2.09 bits per heavy atom. The molecule has 1 aliphatic rings. The molecular weight excluding hydrogens is 538 g/mol. The van der Waals surface area contributed by atoms with Gasteiger partial charge < -0.3 is 4.42 Å². The summed E-state index contributed by atoms with van der Waals surface area (Å²) in [5.74, 6) is 0.628.